The minimum Gasteiger partial charge on any atom is -0.324 e. The fourth-order valence-electron chi connectivity index (χ4n) is 4.20. The molecule has 1 amide bonds. The highest BCUT2D eigenvalue weighted by molar-refractivity contribution is 7.53. The van der Waals surface area contributed by atoms with Crippen molar-refractivity contribution in [2.24, 2.45) is 7.05 Å². The second kappa shape index (κ2) is 10.4. The number of carbonyl (C=O) groups is 1. The molecule has 0 saturated heterocycles. The van der Waals surface area contributed by atoms with Crippen molar-refractivity contribution in [3.8, 4) is 11.3 Å². The number of rotatable bonds is 8. The molecule has 1 aromatic heterocycles. The van der Waals surface area contributed by atoms with Gasteiger partial charge in [0, 0.05) is 29.9 Å². The van der Waals surface area contributed by atoms with Gasteiger partial charge in [0.15, 0.2) is 0 Å². The third kappa shape index (κ3) is 5.61. The van der Waals surface area contributed by atoms with Crippen LogP contribution in [0.4, 0.5) is 18.9 Å². The molecule has 0 saturated carbocycles. The minimum atomic E-state index is -4.44. The van der Waals surface area contributed by atoms with Crippen LogP contribution in [0, 0.1) is 0 Å². The molecule has 3 N–H and O–H groups in total. The highest BCUT2D eigenvalue weighted by Crippen LogP contribution is 2.60. The fraction of sp³-hybridized carbons (Fsp3) is 0.280. The summed E-state index contributed by atoms with van der Waals surface area (Å²) < 4.78 is 52.3. The smallest absolute Gasteiger partial charge is 0.324 e. The first-order valence-electron chi connectivity index (χ1n) is 11.2. The summed E-state index contributed by atoms with van der Waals surface area (Å²) in [5, 5.41) is 5.54. The van der Waals surface area contributed by atoms with Gasteiger partial charge in [-0.05, 0) is 48.7 Å². The molecule has 192 valence electrons. The van der Waals surface area contributed by atoms with Crippen LogP contribution in [0.25, 0.3) is 17.3 Å². The van der Waals surface area contributed by atoms with Crippen LogP contribution in [0.1, 0.15) is 43.4 Å². The molecule has 1 heterocycles. The van der Waals surface area contributed by atoms with Gasteiger partial charge < -0.3 is 15.1 Å². The number of alkyl halides is 3. The van der Waals surface area contributed by atoms with Crippen molar-refractivity contribution in [1.29, 1.82) is 0 Å². The molecule has 0 atom stereocenters. The molecule has 0 aliphatic rings. The van der Waals surface area contributed by atoms with Crippen molar-refractivity contribution in [1.82, 2.24) is 9.78 Å². The molecule has 0 aliphatic heterocycles. The molecular formula is C25H27F3N3O4P. The molecule has 0 bridgehead atoms. The quantitative estimate of drug-likeness (QED) is 0.251. The fourth-order valence-corrected chi connectivity index (χ4v) is 5.51. The van der Waals surface area contributed by atoms with Crippen molar-refractivity contribution in [2.45, 2.75) is 38.0 Å². The molecule has 36 heavy (non-hydrogen) atoms. The van der Waals surface area contributed by atoms with Crippen molar-refractivity contribution in [3.63, 3.8) is 0 Å². The van der Waals surface area contributed by atoms with E-state index in [1.165, 1.54) is 35.2 Å². The van der Waals surface area contributed by atoms with Crippen LogP contribution < -0.4 is 5.32 Å². The maximum absolute atomic E-state index is 12.9. The van der Waals surface area contributed by atoms with E-state index in [4.69, 9.17) is 0 Å². The first kappa shape index (κ1) is 27.4. The molecule has 7 nitrogen and oxygen atoms in total. The summed E-state index contributed by atoms with van der Waals surface area (Å²) in [5.74, 6) is -0.461. The molecule has 3 aromatic rings. The van der Waals surface area contributed by atoms with Crippen LogP contribution >= 0.6 is 7.60 Å². The van der Waals surface area contributed by atoms with Crippen LogP contribution in [0.3, 0.4) is 0 Å². The number of anilines is 1. The number of nitrogens with zero attached hydrogens (tertiary/aromatic N) is 2. The van der Waals surface area contributed by atoms with Gasteiger partial charge in [0.2, 0.25) is 5.91 Å². The molecule has 0 spiro atoms. The zero-order valence-corrected chi connectivity index (χ0v) is 20.8. The van der Waals surface area contributed by atoms with E-state index in [-0.39, 0.29) is 12.8 Å². The number of aromatic nitrogens is 2. The Morgan fingerprint density at radius 1 is 1.03 bits per heavy atom. The lowest BCUT2D eigenvalue weighted by molar-refractivity contribution is -0.137. The first-order valence-corrected chi connectivity index (χ1v) is 12.8. The van der Waals surface area contributed by atoms with Crippen LogP contribution in [0.15, 0.2) is 60.8 Å². The molecule has 0 unspecified atom stereocenters. The van der Waals surface area contributed by atoms with Gasteiger partial charge >= 0.3 is 13.8 Å². The average molecular weight is 521 g/mol. The standard InChI is InChI=1S/C25H27F3N3O4P/c1-4-24(5-2,36(33,34)35)19-11-13-21(14-12-19)30-22(32)15-8-18-16-29-31(3)23(18)17-6-9-20(10-7-17)25(26,27)28/h6-16H,4-5H2,1-3H3,(H,30,32)(H2,33,34,35)/b15-8+. The lowest BCUT2D eigenvalue weighted by Gasteiger charge is -2.33. The highest BCUT2D eigenvalue weighted by atomic mass is 31.2. The van der Waals surface area contributed by atoms with E-state index in [1.807, 2.05) is 0 Å². The Balaban J connectivity index is 1.77. The lowest BCUT2D eigenvalue weighted by atomic mass is 9.92. The van der Waals surface area contributed by atoms with Gasteiger partial charge in [-0.15, -0.1) is 0 Å². The number of aryl methyl sites for hydroxylation is 1. The van der Waals surface area contributed by atoms with E-state index in [0.717, 1.165) is 12.1 Å². The number of benzene rings is 2. The molecule has 3 rings (SSSR count). The van der Waals surface area contributed by atoms with Crippen LogP contribution in [0.2, 0.25) is 0 Å². The Morgan fingerprint density at radius 3 is 2.08 bits per heavy atom. The van der Waals surface area contributed by atoms with Crippen molar-refractivity contribution in [3.05, 3.63) is 77.5 Å². The maximum Gasteiger partial charge on any atom is 0.416 e. The predicted molar refractivity (Wildman–Crippen MR) is 132 cm³/mol. The van der Waals surface area contributed by atoms with Gasteiger partial charge in [-0.2, -0.15) is 18.3 Å². The molecular weight excluding hydrogens is 494 g/mol. The highest BCUT2D eigenvalue weighted by Gasteiger charge is 2.45. The summed E-state index contributed by atoms with van der Waals surface area (Å²) in [6.45, 7) is 3.45. The summed E-state index contributed by atoms with van der Waals surface area (Å²) in [4.78, 5) is 32.3. The molecule has 11 heteroatoms. The number of amides is 1. The van der Waals surface area contributed by atoms with E-state index in [0.29, 0.717) is 28.1 Å². The second-order valence-corrected chi connectivity index (χ2v) is 10.3. The summed E-state index contributed by atoms with van der Waals surface area (Å²) >= 11 is 0. The Morgan fingerprint density at radius 2 is 1.58 bits per heavy atom. The van der Waals surface area contributed by atoms with Gasteiger partial charge in [-0.25, -0.2) is 0 Å². The predicted octanol–water partition coefficient (Wildman–Crippen LogP) is 5.95. The van der Waals surface area contributed by atoms with Gasteiger partial charge in [-0.3, -0.25) is 14.0 Å². The first-order chi connectivity index (χ1) is 16.8. The van der Waals surface area contributed by atoms with E-state index >= 15 is 0 Å². The average Bonchev–Trinajstić information content (AvgIpc) is 3.18. The number of nitrogens with one attached hydrogen (secondary N) is 1. The van der Waals surface area contributed by atoms with E-state index in [1.54, 1.807) is 45.2 Å². The Hall–Kier alpha value is -3.20. The molecule has 2 aromatic carbocycles. The number of hydrogen-bond acceptors (Lipinski definition) is 3. The number of halogens is 3. The SMILES string of the molecule is CCC(CC)(c1ccc(NC(=O)/C=C/c2cnn(C)c2-c2ccc(C(F)(F)F)cc2)cc1)P(=O)(O)O. The normalized spacial score (nSPS) is 12.8. The summed E-state index contributed by atoms with van der Waals surface area (Å²) in [7, 11) is -2.77. The van der Waals surface area contributed by atoms with Crippen molar-refractivity contribution < 1.29 is 32.3 Å². The third-order valence-corrected chi connectivity index (χ3v) is 8.29. The van der Waals surface area contributed by atoms with Gasteiger partial charge in [0.05, 0.1) is 22.6 Å². The van der Waals surface area contributed by atoms with Gasteiger partial charge in [-0.1, -0.05) is 38.1 Å². The zero-order chi connectivity index (χ0) is 26.7. The number of hydrogen-bond donors (Lipinski definition) is 3. The Bertz CT molecular complexity index is 1290. The number of carbonyl (C=O) groups excluding carboxylic acids is 1. The summed E-state index contributed by atoms with van der Waals surface area (Å²) in [6.07, 6.45) is 0.369. The third-order valence-electron chi connectivity index (χ3n) is 6.28. The topological polar surface area (TPSA) is 104 Å². The van der Waals surface area contributed by atoms with Gasteiger partial charge in [0.25, 0.3) is 0 Å². The van der Waals surface area contributed by atoms with Crippen LogP contribution in [0.5, 0.6) is 0 Å². The molecule has 0 fully saturated rings. The summed E-state index contributed by atoms with van der Waals surface area (Å²) in [5.41, 5.74) is 1.77. The molecule has 0 aliphatic carbocycles. The zero-order valence-electron chi connectivity index (χ0n) is 20.0. The van der Waals surface area contributed by atoms with Crippen LogP contribution in [-0.4, -0.2) is 25.5 Å². The minimum absolute atomic E-state index is 0.259. The van der Waals surface area contributed by atoms with Crippen LogP contribution in [-0.2, 0) is 27.7 Å². The maximum atomic E-state index is 12.9. The second-order valence-electron chi connectivity index (χ2n) is 8.33. The van der Waals surface area contributed by atoms with Crippen molar-refractivity contribution >= 4 is 25.3 Å². The molecule has 0 radical (unpaired) electrons. The van der Waals surface area contributed by atoms with Crippen molar-refractivity contribution in [2.75, 3.05) is 5.32 Å². The Labute approximate surface area is 206 Å². The lowest BCUT2D eigenvalue weighted by Crippen LogP contribution is -2.24. The summed E-state index contributed by atoms with van der Waals surface area (Å²) in [6, 6.07) is 11.0. The van der Waals surface area contributed by atoms with E-state index < -0.39 is 30.4 Å². The Kier molecular flexibility index (Phi) is 7.93. The monoisotopic (exact) mass is 521 g/mol. The largest absolute Gasteiger partial charge is 0.416 e. The van der Waals surface area contributed by atoms with E-state index in [9.17, 15) is 32.3 Å². The van der Waals surface area contributed by atoms with E-state index in [2.05, 4.69) is 10.4 Å². The van der Waals surface area contributed by atoms with Gasteiger partial charge in [0.1, 0.15) is 0 Å².